The van der Waals surface area contributed by atoms with Crippen LogP contribution in [0.5, 0.6) is 0 Å². The lowest BCUT2D eigenvalue weighted by molar-refractivity contribution is -0.113. The van der Waals surface area contributed by atoms with E-state index in [0.29, 0.717) is 28.9 Å². The summed E-state index contributed by atoms with van der Waals surface area (Å²) < 4.78 is 5.53. The minimum atomic E-state index is -0.229. The molecule has 0 radical (unpaired) electrons. The normalized spacial score (nSPS) is 11.2. The molecule has 0 aliphatic carbocycles. The first-order chi connectivity index (χ1) is 11.8. The van der Waals surface area contributed by atoms with Crippen molar-refractivity contribution in [1.29, 1.82) is 0 Å². The number of rotatable bonds is 6. The van der Waals surface area contributed by atoms with E-state index in [-0.39, 0.29) is 23.0 Å². The van der Waals surface area contributed by atoms with E-state index >= 15 is 0 Å². The molecule has 2 aromatic rings. The maximum absolute atomic E-state index is 12.1. The van der Waals surface area contributed by atoms with Gasteiger partial charge < -0.3 is 15.1 Å². The summed E-state index contributed by atoms with van der Waals surface area (Å²) in [5.74, 6) is 0.282. The molecule has 0 fully saturated rings. The molecule has 2 amide bonds. The van der Waals surface area contributed by atoms with Gasteiger partial charge in [-0.2, -0.15) is 0 Å². The molecule has 0 aliphatic rings. The minimum absolute atomic E-state index is 0.136. The van der Waals surface area contributed by atoms with Crippen molar-refractivity contribution in [2.45, 2.75) is 38.3 Å². The zero-order chi connectivity index (χ0) is 18.4. The van der Waals surface area contributed by atoms with Gasteiger partial charge in [0.1, 0.15) is 0 Å². The second-order valence-electron chi connectivity index (χ2n) is 6.40. The second kappa shape index (κ2) is 8.15. The number of hydrogen-bond donors (Lipinski definition) is 2. The third kappa shape index (κ3) is 5.60. The molecular formula is C17H22N4O3S. The largest absolute Gasteiger partial charge is 0.415 e. The Balaban J connectivity index is 1.91. The van der Waals surface area contributed by atoms with Crippen LogP contribution in [-0.2, 0) is 10.2 Å². The Morgan fingerprint density at radius 3 is 2.64 bits per heavy atom. The van der Waals surface area contributed by atoms with Gasteiger partial charge in [-0.1, -0.05) is 38.6 Å². The Bertz CT molecular complexity index is 752. The van der Waals surface area contributed by atoms with Crippen LogP contribution in [0.25, 0.3) is 0 Å². The average Bonchev–Trinajstić information content (AvgIpc) is 3.03. The van der Waals surface area contributed by atoms with Crippen molar-refractivity contribution in [2.75, 3.05) is 17.6 Å². The van der Waals surface area contributed by atoms with Gasteiger partial charge in [0.25, 0.3) is 11.1 Å². The highest BCUT2D eigenvalue weighted by atomic mass is 32.2. The summed E-state index contributed by atoms with van der Waals surface area (Å²) in [4.78, 5) is 23.9. The number of aromatic nitrogens is 2. The first kappa shape index (κ1) is 19.0. The van der Waals surface area contributed by atoms with Gasteiger partial charge in [0.15, 0.2) is 0 Å². The first-order valence-corrected chi connectivity index (χ1v) is 8.93. The fourth-order valence-corrected chi connectivity index (χ4v) is 2.46. The maximum atomic E-state index is 12.1. The molecule has 1 aromatic heterocycles. The molecule has 2 N–H and O–H groups in total. The summed E-state index contributed by atoms with van der Waals surface area (Å²) in [6.07, 6.45) is 0. The number of benzene rings is 1. The smallest absolute Gasteiger partial charge is 0.277 e. The summed E-state index contributed by atoms with van der Waals surface area (Å²) in [5, 5.41) is 13.8. The topological polar surface area (TPSA) is 97.1 Å². The number of carbonyl (C=O) groups is 2. The monoisotopic (exact) mass is 362 g/mol. The van der Waals surface area contributed by atoms with Crippen molar-refractivity contribution in [3.8, 4) is 0 Å². The van der Waals surface area contributed by atoms with Crippen molar-refractivity contribution >= 4 is 29.3 Å². The van der Waals surface area contributed by atoms with Crippen molar-refractivity contribution in [2.24, 2.45) is 0 Å². The Labute approximate surface area is 151 Å². The van der Waals surface area contributed by atoms with E-state index in [1.54, 1.807) is 24.3 Å². The second-order valence-corrected chi connectivity index (χ2v) is 7.33. The number of thioether (sulfide) groups is 1. The van der Waals surface area contributed by atoms with Crippen LogP contribution in [0.1, 0.15) is 43.9 Å². The molecule has 0 atom stereocenters. The van der Waals surface area contributed by atoms with Crippen LogP contribution in [0, 0.1) is 0 Å². The van der Waals surface area contributed by atoms with Gasteiger partial charge >= 0.3 is 0 Å². The van der Waals surface area contributed by atoms with E-state index in [4.69, 9.17) is 4.42 Å². The SMILES string of the molecule is CCNC(=O)c1cccc(NC(=O)CSc2nnc(C(C)(C)C)o2)c1. The summed E-state index contributed by atoms with van der Waals surface area (Å²) >= 11 is 1.17. The summed E-state index contributed by atoms with van der Waals surface area (Å²) in [6, 6.07) is 6.79. The van der Waals surface area contributed by atoms with Crippen molar-refractivity contribution in [3.63, 3.8) is 0 Å². The number of nitrogens with one attached hydrogen (secondary N) is 2. The number of amides is 2. The van der Waals surface area contributed by atoms with Crippen LogP contribution >= 0.6 is 11.8 Å². The fourth-order valence-electron chi connectivity index (χ4n) is 1.90. The quantitative estimate of drug-likeness (QED) is 0.767. The zero-order valence-electron chi connectivity index (χ0n) is 14.8. The maximum Gasteiger partial charge on any atom is 0.277 e. The molecular weight excluding hydrogens is 340 g/mol. The van der Waals surface area contributed by atoms with Crippen molar-refractivity contribution in [3.05, 3.63) is 35.7 Å². The number of hydrogen-bond acceptors (Lipinski definition) is 6. The van der Waals surface area contributed by atoms with Gasteiger partial charge in [-0.25, -0.2) is 0 Å². The van der Waals surface area contributed by atoms with E-state index in [1.165, 1.54) is 11.8 Å². The highest BCUT2D eigenvalue weighted by Crippen LogP contribution is 2.24. The van der Waals surface area contributed by atoms with Crippen LogP contribution in [0.3, 0.4) is 0 Å². The highest BCUT2D eigenvalue weighted by molar-refractivity contribution is 7.99. The Morgan fingerprint density at radius 2 is 2.00 bits per heavy atom. The fraction of sp³-hybridized carbons (Fsp3) is 0.412. The van der Waals surface area contributed by atoms with Crippen LogP contribution in [0.15, 0.2) is 33.9 Å². The highest BCUT2D eigenvalue weighted by Gasteiger charge is 2.21. The lowest BCUT2D eigenvalue weighted by atomic mass is 9.97. The van der Waals surface area contributed by atoms with Gasteiger partial charge in [-0.15, -0.1) is 10.2 Å². The summed E-state index contributed by atoms with van der Waals surface area (Å²) in [5.41, 5.74) is 0.836. The minimum Gasteiger partial charge on any atom is -0.415 e. The van der Waals surface area contributed by atoms with Gasteiger partial charge in [0.2, 0.25) is 11.8 Å². The van der Waals surface area contributed by atoms with Crippen LogP contribution < -0.4 is 10.6 Å². The standard InChI is InChI=1S/C17H22N4O3S/c1-5-18-14(23)11-7-6-8-12(9-11)19-13(22)10-25-16-21-20-15(24-16)17(2,3)4/h6-9H,5,10H2,1-4H3,(H,18,23)(H,19,22). The summed E-state index contributed by atoms with van der Waals surface area (Å²) in [6.45, 7) is 8.33. The van der Waals surface area contributed by atoms with Crippen molar-refractivity contribution < 1.29 is 14.0 Å². The third-order valence-electron chi connectivity index (χ3n) is 3.12. The van der Waals surface area contributed by atoms with Crippen LogP contribution in [0.4, 0.5) is 5.69 Å². The molecule has 1 aromatic carbocycles. The van der Waals surface area contributed by atoms with E-state index in [1.807, 2.05) is 27.7 Å². The first-order valence-electron chi connectivity index (χ1n) is 7.94. The molecule has 134 valence electrons. The van der Waals surface area contributed by atoms with Gasteiger partial charge in [0, 0.05) is 23.2 Å². The Kier molecular flexibility index (Phi) is 6.19. The molecule has 25 heavy (non-hydrogen) atoms. The van der Waals surface area contributed by atoms with Gasteiger partial charge in [-0.3, -0.25) is 9.59 Å². The van der Waals surface area contributed by atoms with Crippen LogP contribution in [-0.4, -0.2) is 34.3 Å². The lowest BCUT2D eigenvalue weighted by Crippen LogP contribution is -2.23. The predicted molar refractivity (Wildman–Crippen MR) is 96.8 cm³/mol. The Hall–Kier alpha value is -2.35. The number of carbonyl (C=O) groups excluding carboxylic acids is 2. The van der Waals surface area contributed by atoms with Crippen molar-refractivity contribution in [1.82, 2.24) is 15.5 Å². The van der Waals surface area contributed by atoms with E-state index < -0.39 is 0 Å². The third-order valence-corrected chi connectivity index (χ3v) is 3.94. The average molecular weight is 362 g/mol. The zero-order valence-corrected chi connectivity index (χ0v) is 15.6. The molecule has 0 saturated carbocycles. The number of nitrogens with zero attached hydrogens (tertiary/aromatic N) is 2. The molecule has 8 heteroatoms. The summed E-state index contributed by atoms with van der Waals surface area (Å²) in [7, 11) is 0. The predicted octanol–water partition coefficient (Wildman–Crippen LogP) is 2.85. The molecule has 7 nitrogen and oxygen atoms in total. The molecule has 0 unspecified atom stereocenters. The molecule has 2 rings (SSSR count). The van der Waals surface area contributed by atoms with E-state index in [2.05, 4.69) is 20.8 Å². The molecule has 0 aliphatic heterocycles. The lowest BCUT2D eigenvalue weighted by Gasteiger charge is -2.10. The molecule has 0 spiro atoms. The number of anilines is 1. The van der Waals surface area contributed by atoms with E-state index in [9.17, 15) is 9.59 Å². The van der Waals surface area contributed by atoms with Gasteiger partial charge in [-0.05, 0) is 25.1 Å². The Morgan fingerprint density at radius 1 is 1.24 bits per heavy atom. The van der Waals surface area contributed by atoms with Crippen LogP contribution in [0.2, 0.25) is 0 Å². The molecule has 0 saturated heterocycles. The van der Waals surface area contributed by atoms with Gasteiger partial charge in [0.05, 0.1) is 5.75 Å². The van der Waals surface area contributed by atoms with E-state index in [0.717, 1.165) is 0 Å². The molecule has 1 heterocycles. The molecule has 0 bridgehead atoms.